The molecule has 1 aromatic rings. The van der Waals surface area contributed by atoms with Crippen LogP contribution in [0.5, 0.6) is 0 Å². The number of rotatable bonds is 3. The van der Waals surface area contributed by atoms with Crippen LogP contribution < -0.4 is 0 Å². The summed E-state index contributed by atoms with van der Waals surface area (Å²) >= 11 is 0. The van der Waals surface area contributed by atoms with Crippen LogP contribution in [0.15, 0.2) is 24.5 Å². The minimum Gasteiger partial charge on any atom is -0.289 e. The molecule has 0 aromatic carbocycles. The molecule has 0 bridgehead atoms. The van der Waals surface area contributed by atoms with Gasteiger partial charge in [0.15, 0.2) is 0 Å². The van der Waals surface area contributed by atoms with Gasteiger partial charge in [-0.15, -0.1) is 0 Å². The largest absolute Gasteiger partial charge is 0.289 e. The lowest BCUT2D eigenvalue weighted by Crippen LogP contribution is -2.17. The van der Waals surface area contributed by atoms with Crippen LogP contribution in [0.3, 0.4) is 0 Å². The highest BCUT2D eigenvalue weighted by atomic mass is 15.1. The van der Waals surface area contributed by atoms with E-state index in [9.17, 15) is 0 Å². The SMILES string of the molecule is CN(CC#N)Cc1ccncc1. The summed E-state index contributed by atoms with van der Waals surface area (Å²) in [5.74, 6) is 0. The van der Waals surface area contributed by atoms with Crippen molar-refractivity contribution >= 4 is 0 Å². The van der Waals surface area contributed by atoms with Gasteiger partial charge in [0.25, 0.3) is 0 Å². The number of hydrogen-bond donors (Lipinski definition) is 0. The minimum atomic E-state index is 0.461. The zero-order valence-corrected chi connectivity index (χ0v) is 7.07. The second kappa shape index (κ2) is 4.47. The summed E-state index contributed by atoms with van der Waals surface area (Å²) in [5.41, 5.74) is 1.18. The molecule has 0 amide bonds. The lowest BCUT2D eigenvalue weighted by molar-refractivity contribution is 0.367. The number of pyridine rings is 1. The van der Waals surface area contributed by atoms with E-state index >= 15 is 0 Å². The maximum atomic E-state index is 8.41. The minimum absolute atomic E-state index is 0.461. The zero-order valence-electron chi connectivity index (χ0n) is 7.07. The number of aromatic nitrogens is 1. The monoisotopic (exact) mass is 161 g/mol. The van der Waals surface area contributed by atoms with Gasteiger partial charge in [-0.3, -0.25) is 9.88 Å². The summed E-state index contributed by atoms with van der Waals surface area (Å²) in [6.45, 7) is 1.26. The van der Waals surface area contributed by atoms with Gasteiger partial charge in [-0.2, -0.15) is 5.26 Å². The van der Waals surface area contributed by atoms with Crippen LogP contribution in [0.25, 0.3) is 0 Å². The summed E-state index contributed by atoms with van der Waals surface area (Å²) < 4.78 is 0. The molecule has 62 valence electrons. The Labute approximate surface area is 72.3 Å². The first-order valence-electron chi connectivity index (χ1n) is 3.77. The molecule has 0 unspecified atom stereocenters. The molecule has 3 nitrogen and oxygen atoms in total. The van der Waals surface area contributed by atoms with Crippen molar-refractivity contribution in [3.63, 3.8) is 0 Å². The fourth-order valence-corrected chi connectivity index (χ4v) is 0.976. The van der Waals surface area contributed by atoms with Gasteiger partial charge in [0, 0.05) is 18.9 Å². The average Bonchev–Trinajstić information content (AvgIpc) is 2.06. The van der Waals surface area contributed by atoms with E-state index in [0.717, 1.165) is 6.54 Å². The average molecular weight is 161 g/mol. The molecule has 0 spiro atoms. The topological polar surface area (TPSA) is 39.9 Å². The molecular formula is C9H11N3. The third-order valence-electron chi connectivity index (χ3n) is 1.54. The predicted molar refractivity (Wildman–Crippen MR) is 46.2 cm³/mol. The third-order valence-corrected chi connectivity index (χ3v) is 1.54. The zero-order chi connectivity index (χ0) is 8.81. The van der Waals surface area contributed by atoms with Gasteiger partial charge in [0.05, 0.1) is 12.6 Å². The normalized spacial score (nSPS) is 9.75. The van der Waals surface area contributed by atoms with E-state index in [1.807, 2.05) is 24.1 Å². The summed E-state index contributed by atoms with van der Waals surface area (Å²) in [7, 11) is 1.92. The summed E-state index contributed by atoms with van der Waals surface area (Å²) in [6, 6.07) is 6.00. The lowest BCUT2D eigenvalue weighted by atomic mass is 10.2. The van der Waals surface area contributed by atoms with Crippen LogP contribution >= 0.6 is 0 Å². The van der Waals surface area contributed by atoms with E-state index in [0.29, 0.717) is 6.54 Å². The second-order valence-corrected chi connectivity index (χ2v) is 2.69. The first-order chi connectivity index (χ1) is 5.83. The Morgan fingerprint density at radius 2 is 2.17 bits per heavy atom. The fraction of sp³-hybridized carbons (Fsp3) is 0.333. The standard InChI is InChI=1S/C9H11N3/c1-12(7-4-10)8-9-2-5-11-6-3-9/h2-3,5-6H,7-8H2,1H3. The van der Waals surface area contributed by atoms with Gasteiger partial charge in [-0.1, -0.05) is 0 Å². The fourth-order valence-electron chi connectivity index (χ4n) is 0.976. The summed E-state index contributed by atoms with van der Waals surface area (Å²) in [5, 5.41) is 8.41. The van der Waals surface area contributed by atoms with Gasteiger partial charge in [-0.05, 0) is 24.7 Å². The molecule has 3 heteroatoms. The molecule has 1 heterocycles. The molecule has 0 aliphatic heterocycles. The van der Waals surface area contributed by atoms with Crippen molar-refractivity contribution in [3.05, 3.63) is 30.1 Å². The molecule has 0 aliphatic rings. The first kappa shape index (κ1) is 8.69. The van der Waals surface area contributed by atoms with E-state index < -0.39 is 0 Å². The van der Waals surface area contributed by atoms with Gasteiger partial charge < -0.3 is 0 Å². The molecule has 0 saturated carbocycles. The maximum Gasteiger partial charge on any atom is 0.0866 e. The molecule has 0 radical (unpaired) electrons. The van der Waals surface area contributed by atoms with Crippen molar-refractivity contribution in [2.24, 2.45) is 0 Å². The van der Waals surface area contributed by atoms with Gasteiger partial charge in [0.1, 0.15) is 0 Å². The summed E-state index contributed by atoms with van der Waals surface area (Å²) in [4.78, 5) is 5.87. The van der Waals surface area contributed by atoms with Crippen LogP contribution in [0.1, 0.15) is 5.56 Å². The Morgan fingerprint density at radius 3 is 2.75 bits per heavy atom. The molecule has 12 heavy (non-hydrogen) atoms. The van der Waals surface area contributed by atoms with Crippen LogP contribution in [0.4, 0.5) is 0 Å². The highest BCUT2D eigenvalue weighted by Crippen LogP contribution is 1.99. The van der Waals surface area contributed by atoms with Crippen molar-refractivity contribution in [1.29, 1.82) is 5.26 Å². The van der Waals surface area contributed by atoms with E-state index in [-0.39, 0.29) is 0 Å². The van der Waals surface area contributed by atoms with E-state index in [4.69, 9.17) is 5.26 Å². The molecule has 0 atom stereocenters. The van der Waals surface area contributed by atoms with Crippen LogP contribution in [0, 0.1) is 11.3 Å². The van der Waals surface area contributed by atoms with E-state index in [1.165, 1.54) is 5.56 Å². The van der Waals surface area contributed by atoms with Crippen molar-refractivity contribution in [3.8, 4) is 6.07 Å². The van der Waals surface area contributed by atoms with E-state index in [1.54, 1.807) is 12.4 Å². The molecule has 0 N–H and O–H groups in total. The van der Waals surface area contributed by atoms with Crippen molar-refractivity contribution in [1.82, 2.24) is 9.88 Å². The third kappa shape index (κ3) is 2.69. The lowest BCUT2D eigenvalue weighted by Gasteiger charge is -2.11. The first-order valence-corrected chi connectivity index (χ1v) is 3.77. The van der Waals surface area contributed by atoms with Crippen LogP contribution in [-0.4, -0.2) is 23.5 Å². The van der Waals surface area contributed by atoms with Gasteiger partial charge >= 0.3 is 0 Å². The molecule has 0 fully saturated rings. The van der Waals surface area contributed by atoms with Crippen molar-refractivity contribution in [2.45, 2.75) is 6.54 Å². The Morgan fingerprint density at radius 1 is 1.50 bits per heavy atom. The van der Waals surface area contributed by atoms with Crippen LogP contribution in [0.2, 0.25) is 0 Å². The van der Waals surface area contributed by atoms with Crippen molar-refractivity contribution in [2.75, 3.05) is 13.6 Å². The predicted octanol–water partition coefficient (Wildman–Crippen LogP) is 1.04. The maximum absolute atomic E-state index is 8.41. The summed E-state index contributed by atoms with van der Waals surface area (Å²) in [6.07, 6.45) is 3.52. The Hall–Kier alpha value is -1.40. The number of nitriles is 1. The Bertz CT molecular complexity index is 263. The molecular weight excluding hydrogens is 150 g/mol. The van der Waals surface area contributed by atoms with Gasteiger partial charge in [-0.25, -0.2) is 0 Å². The number of hydrogen-bond acceptors (Lipinski definition) is 3. The second-order valence-electron chi connectivity index (χ2n) is 2.69. The molecule has 1 rings (SSSR count). The molecule has 0 aliphatic carbocycles. The molecule has 1 aromatic heterocycles. The van der Waals surface area contributed by atoms with Gasteiger partial charge in [0.2, 0.25) is 0 Å². The van der Waals surface area contributed by atoms with Crippen molar-refractivity contribution < 1.29 is 0 Å². The highest BCUT2D eigenvalue weighted by molar-refractivity contribution is 5.09. The molecule has 0 saturated heterocycles. The van der Waals surface area contributed by atoms with Crippen LogP contribution in [-0.2, 0) is 6.54 Å². The quantitative estimate of drug-likeness (QED) is 0.622. The Balaban J connectivity index is 2.48. The smallest absolute Gasteiger partial charge is 0.0866 e. The highest BCUT2D eigenvalue weighted by Gasteiger charge is 1.97. The Kier molecular flexibility index (Phi) is 3.24. The number of nitrogens with zero attached hydrogens (tertiary/aromatic N) is 3. The van der Waals surface area contributed by atoms with E-state index in [2.05, 4.69) is 11.1 Å².